The molecule has 1 aliphatic heterocycles. The molecule has 0 fully saturated rings. The smallest absolute Gasteiger partial charge is 0.205 e. The van der Waals surface area contributed by atoms with Crippen LogP contribution in [0.4, 0.5) is 0 Å². The predicted molar refractivity (Wildman–Crippen MR) is 112 cm³/mol. The third-order valence-corrected chi connectivity index (χ3v) is 4.95. The molecule has 1 atom stereocenters. The van der Waals surface area contributed by atoms with E-state index in [1.165, 1.54) is 5.56 Å². The van der Waals surface area contributed by atoms with Crippen molar-refractivity contribution in [3.8, 4) is 6.07 Å². The van der Waals surface area contributed by atoms with E-state index >= 15 is 0 Å². The molecule has 0 amide bonds. The largest absolute Gasteiger partial charge is 0.440 e. The Hall–Kier alpha value is -3.77. The van der Waals surface area contributed by atoms with Gasteiger partial charge in [-0.3, -0.25) is 0 Å². The molecule has 0 aromatic heterocycles. The van der Waals surface area contributed by atoms with E-state index in [9.17, 15) is 5.26 Å². The van der Waals surface area contributed by atoms with Crippen LogP contribution in [0.25, 0.3) is 11.3 Å². The third kappa shape index (κ3) is 3.17. The first-order valence-electron chi connectivity index (χ1n) is 9.18. The van der Waals surface area contributed by atoms with E-state index in [2.05, 4.69) is 30.3 Å². The van der Waals surface area contributed by atoms with E-state index < -0.39 is 0 Å². The maximum Gasteiger partial charge on any atom is 0.205 e. The minimum Gasteiger partial charge on any atom is -0.440 e. The maximum atomic E-state index is 9.88. The molecule has 3 aromatic carbocycles. The Labute approximate surface area is 165 Å². The standard InChI is InChI=1S/C25H20N2O/c1-17-12-14-19(15-13-17)22-21(16-26)25(27)28-24(20-10-6-3-7-11-20)23(22)18-8-4-2-5-9-18/h2-15,22H,27H2,1H3. The molecule has 1 unspecified atom stereocenters. The fourth-order valence-corrected chi connectivity index (χ4v) is 3.57. The molecule has 3 heteroatoms. The lowest BCUT2D eigenvalue weighted by molar-refractivity contribution is 0.364. The first-order chi connectivity index (χ1) is 13.7. The fraction of sp³-hybridized carbons (Fsp3) is 0.0800. The SMILES string of the molecule is Cc1ccc(C2C(C#N)=C(N)OC(c3ccccc3)=C2c2ccccc2)cc1. The number of nitrogens with zero attached hydrogens (tertiary/aromatic N) is 1. The molecule has 0 aliphatic carbocycles. The zero-order valence-corrected chi connectivity index (χ0v) is 15.6. The number of rotatable bonds is 3. The first-order valence-corrected chi connectivity index (χ1v) is 9.18. The van der Waals surface area contributed by atoms with Crippen molar-refractivity contribution in [1.29, 1.82) is 5.26 Å². The molecule has 28 heavy (non-hydrogen) atoms. The molecule has 1 heterocycles. The molecule has 0 saturated heterocycles. The number of benzene rings is 3. The van der Waals surface area contributed by atoms with Crippen LogP contribution in [0.15, 0.2) is 96.4 Å². The number of nitrogens with two attached hydrogens (primary N) is 1. The Morgan fingerprint density at radius 1 is 0.821 bits per heavy atom. The molecule has 136 valence electrons. The van der Waals surface area contributed by atoms with Crippen molar-refractivity contribution >= 4 is 11.3 Å². The zero-order chi connectivity index (χ0) is 19.5. The lowest BCUT2D eigenvalue weighted by Crippen LogP contribution is -2.20. The highest BCUT2D eigenvalue weighted by Gasteiger charge is 2.34. The van der Waals surface area contributed by atoms with Gasteiger partial charge in [0.1, 0.15) is 17.4 Å². The van der Waals surface area contributed by atoms with Gasteiger partial charge in [-0.1, -0.05) is 90.5 Å². The number of hydrogen-bond acceptors (Lipinski definition) is 3. The van der Waals surface area contributed by atoms with E-state index in [0.717, 1.165) is 22.3 Å². The molecule has 0 radical (unpaired) electrons. The van der Waals surface area contributed by atoms with Gasteiger partial charge in [0.25, 0.3) is 0 Å². The number of nitriles is 1. The van der Waals surface area contributed by atoms with Crippen molar-refractivity contribution in [1.82, 2.24) is 0 Å². The highest BCUT2D eigenvalue weighted by atomic mass is 16.5. The molecule has 3 nitrogen and oxygen atoms in total. The Bertz CT molecular complexity index is 1090. The average Bonchev–Trinajstić information content (AvgIpc) is 2.75. The van der Waals surface area contributed by atoms with Gasteiger partial charge in [-0.25, -0.2) is 0 Å². The van der Waals surface area contributed by atoms with Crippen LogP contribution in [0.5, 0.6) is 0 Å². The lowest BCUT2D eigenvalue weighted by atomic mass is 9.79. The summed E-state index contributed by atoms with van der Waals surface area (Å²) in [6.45, 7) is 2.05. The summed E-state index contributed by atoms with van der Waals surface area (Å²) in [6, 6.07) is 30.4. The second-order valence-corrected chi connectivity index (χ2v) is 6.81. The Morgan fingerprint density at radius 3 is 1.96 bits per heavy atom. The van der Waals surface area contributed by atoms with E-state index in [0.29, 0.717) is 11.3 Å². The summed E-state index contributed by atoms with van der Waals surface area (Å²) in [5, 5.41) is 9.88. The highest BCUT2D eigenvalue weighted by molar-refractivity contribution is 5.94. The summed E-state index contributed by atoms with van der Waals surface area (Å²) in [5.74, 6) is 0.553. The molecule has 2 N–H and O–H groups in total. The van der Waals surface area contributed by atoms with Crippen LogP contribution in [0.2, 0.25) is 0 Å². The van der Waals surface area contributed by atoms with Crippen molar-refractivity contribution < 1.29 is 4.74 Å². The molecule has 0 bridgehead atoms. The van der Waals surface area contributed by atoms with E-state index in [1.54, 1.807) is 0 Å². The molecule has 1 aliphatic rings. The second kappa shape index (κ2) is 7.46. The quantitative estimate of drug-likeness (QED) is 0.679. The van der Waals surface area contributed by atoms with Crippen molar-refractivity contribution in [3.05, 3.63) is 119 Å². The second-order valence-electron chi connectivity index (χ2n) is 6.81. The molecular formula is C25H20N2O. The van der Waals surface area contributed by atoms with Crippen LogP contribution in [0, 0.1) is 18.3 Å². The zero-order valence-electron chi connectivity index (χ0n) is 15.6. The highest BCUT2D eigenvalue weighted by Crippen LogP contribution is 2.47. The third-order valence-electron chi connectivity index (χ3n) is 4.95. The van der Waals surface area contributed by atoms with Gasteiger partial charge in [0, 0.05) is 11.1 Å². The normalized spacial score (nSPS) is 16.5. The summed E-state index contributed by atoms with van der Waals surface area (Å²) < 4.78 is 6.03. The average molecular weight is 364 g/mol. The first kappa shape index (κ1) is 17.6. The van der Waals surface area contributed by atoms with Gasteiger partial charge in [-0.2, -0.15) is 5.26 Å². The van der Waals surface area contributed by atoms with Crippen LogP contribution in [0.1, 0.15) is 28.2 Å². The number of aryl methyl sites for hydroxylation is 1. The number of ether oxygens (including phenoxy) is 1. The Balaban J connectivity index is 2.02. The molecule has 3 aromatic rings. The number of allylic oxidation sites excluding steroid dienone is 2. The van der Waals surface area contributed by atoms with Gasteiger partial charge in [0.05, 0.1) is 5.92 Å². The van der Waals surface area contributed by atoms with Crippen LogP contribution in [-0.4, -0.2) is 0 Å². The van der Waals surface area contributed by atoms with Crippen LogP contribution < -0.4 is 5.73 Å². The van der Waals surface area contributed by atoms with Crippen LogP contribution >= 0.6 is 0 Å². The summed E-state index contributed by atoms with van der Waals surface area (Å²) in [6.07, 6.45) is 0. The van der Waals surface area contributed by atoms with Crippen molar-refractivity contribution in [2.24, 2.45) is 5.73 Å². The van der Waals surface area contributed by atoms with Gasteiger partial charge in [-0.15, -0.1) is 0 Å². The van der Waals surface area contributed by atoms with Gasteiger partial charge in [-0.05, 0) is 18.1 Å². The minimum atomic E-state index is -0.294. The molecular weight excluding hydrogens is 344 g/mol. The van der Waals surface area contributed by atoms with Crippen LogP contribution in [-0.2, 0) is 4.74 Å². The molecule has 0 spiro atoms. The van der Waals surface area contributed by atoms with E-state index in [-0.39, 0.29) is 11.8 Å². The summed E-state index contributed by atoms with van der Waals surface area (Å²) in [5.41, 5.74) is 11.7. The summed E-state index contributed by atoms with van der Waals surface area (Å²) >= 11 is 0. The van der Waals surface area contributed by atoms with Gasteiger partial charge in [0.15, 0.2) is 0 Å². The summed E-state index contributed by atoms with van der Waals surface area (Å²) in [4.78, 5) is 0. The van der Waals surface area contributed by atoms with E-state index in [1.807, 2.05) is 67.6 Å². The Kier molecular flexibility index (Phi) is 4.70. The predicted octanol–water partition coefficient (Wildman–Crippen LogP) is 5.37. The minimum absolute atomic E-state index is 0.159. The van der Waals surface area contributed by atoms with Gasteiger partial charge >= 0.3 is 0 Å². The van der Waals surface area contributed by atoms with Crippen molar-refractivity contribution in [2.75, 3.05) is 0 Å². The van der Waals surface area contributed by atoms with Crippen molar-refractivity contribution in [2.45, 2.75) is 12.8 Å². The van der Waals surface area contributed by atoms with Gasteiger partial charge < -0.3 is 10.5 Å². The van der Waals surface area contributed by atoms with Gasteiger partial charge in [0.2, 0.25) is 5.88 Å². The molecule has 0 saturated carbocycles. The fourth-order valence-electron chi connectivity index (χ4n) is 3.57. The lowest BCUT2D eigenvalue weighted by Gasteiger charge is -2.30. The van der Waals surface area contributed by atoms with Crippen LogP contribution in [0.3, 0.4) is 0 Å². The maximum absolute atomic E-state index is 9.88. The Morgan fingerprint density at radius 2 is 1.39 bits per heavy atom. The van der Waals surface area contributed by atoms with Crippen molar-refractivity contribution in [3.63, 3.8) is 0 Å². The topological polar surface area (TPSA) is 59.0 Å². The van der Waals surface area contributed by atoms with E-state index in [4.69, 9.17) is 10.5 Å². The number of hydrogen-bond donors (Lipinski definition) is 1. The summed E-state index contributed by atoms with van der Waals surface area (Å²) in [7, 11) is 0. The molecule has 4 rings (SSSR count). The monoisotopic (exact) mass is 364 g/mol.